The first-order valence-corrected chi connectivity index (χ1v) is 13.5. The van der Waals surface area contributed by atoms with Gasteiger partial charge in [-0.3, -0.25) is 4.79 Å². The maximum absolute atomic E-state index is 12.9. The molecule has 0 radical (unpaired) electrons. The number of hydrogen-bond acceptors (Lipinski definition) is 9. The summed E-state index contributed by atoms with van der Waals surface area (Å²) in [5.74, 6) is -0.0600. The minimum Gasteiger partial charge on any atom is -0.471 e. The monoisotopic (exact) mass is 564 g/mol. The minimum absolute atomic E-state index is 0.0131. The number of amides is 1. The lowest BCUT2D eigenvalue weighted by Crippen LogP contribution is -2.46. The van der Waals surface area contributed by atoms with Crippen LogP contribution < -0.4 is 20.7 Å². The minimum atomic E-state index is -0.456. The molecule has 1 amide bonds. The second kappa shape index (κ2) is 11.7. The van der Waals surface area contributed by atoms with Gasteiger partial charge in [0.15, 0.2) is 5.65 Å². The van der Waals surface area contributed by atoms with Crippen LogP contribution in [0.15, 0.2) is 60.4 Å². The van der Waals surface area contributed by atoms with Gasteiger partial charge in [-0.1, -0.05) is 36.4 Å². The molecular formula is C31H32N8O3. The second-order valence-electron chi connectivity index (χ2n) is 10.6. The summed E-state index contributed by atoms with van der Waals surface area (Å²) in [5.41, 5.74) is 12.1. The fourth-order valence-electron chi connectivity index (χ4n) is 5.12. The number of rotatable bonds is 9. The summed E-state index contributed by atoms with van der Waals surface area (Å²) in [4.78, 5) is 30.2. The van der Waals surface area contributed by atoms with E-state index in [1.807, 2.05) is 55.5 Å². The van der Waals surface area contributed by atoms with Crippen molar-refractivity contribution in [1.29, 1.82) is 5.26 Å². The van der Waals surface area contributed by atoms with E-state index in [0.717, 1.165) is 33.5 Å². The fourth-order valence-corrected chi connectivity index (χ4v) is 5.12. The van der Waals surface area contributed by atoms with Crippen molar-refractivity contribution < 1.29 is 14.6 Å². The van der Waals surface area contributed by atoms with E-state index < -0.39 is 5.91 Å². The molecule has 2 aromatic carbocycles. The van der Waals surface area contributed by atoms with Gasteiger partial charge in [-0.05, 0) is 61.2 Å². The number of carbonyl (C=O) groups excluding carboxylic acids is 1. The van der Waals surface area contributed by atoms with Gasteiger partial charge in [0.05, 0.1) is 18.5 Å². The number of nitriles is 1. The Hall–Kier alpha value is -5.21. The van der Waals surface area contributed by atoms with Crippen LogP contribution in [0, 0.1) is 11.3 Å². The van der Waals surface area contributed by atoms with E-state index in [1.165, 1.54) is 6.33 Å². The van der Waals surface area contributed by atoms with Gasteiger partial charge in [0.25, 0.3) is 5.91 Å². The number of imidazole rings is 1. The van der Waals surface area contributed by atoms with Crippen molar-refractivity contribution in [3.63, 3.8) is 0 Å². The highest BCUT2D eigenvalue weighted by Gasteiger charge is 2.30. The molecule has 11 heteroatoms. The van der Waals surface area contributed by atoms with Gasteiger partial charge in [0.2, 0.25) is 11.8 Å². The standard InChI is InChI=1S/C31H32N8O3/c1-19-14-31(2,3)39(10-11-40)25-9-8-22(13-24(19)25)12-23(15-32)28(41)34-16-20-4-6-21(7-5-20)17-42-29-26-27(36-18-35-26)37-30(33)38-29/h4-9,12-14,18,40H,10-11,16-17H2,1-3H3,(H,34,41)(H3,33,35,36,37,38)/b23-12+. The lowest BCUT2D eigenvalue weighted by Gasteiger charge is -2.43. The van der Waals surface area contributed by atoms with Crippen LogP contribution in [0.25, 0.3) is 22.8 Å². The Bertz CT molecular complexity index is 1730. The summed E-state index contributed by atoms with van der Waals surface area (Å²) < 4.78 is 5.82. The Morgan fingerprint density at radius 2 is 1.98 bits per heavy atom. The summed E-state index contributed by atoms with van der Waals surface area (Å²) in [6, 6.07) is 15.4. The lowest BCUT2D eigenvalue weighted by molar-refractivity contribution is -0.117. The molecule has 2 aromatic heterocycles. The number of β-amino-alcohol motifs (C(OH)–C–C–N with tert-alkyl or cyclic N) is 1. The maximum Gasteiger partial charge on any atom is 0.262 e. The molecule has 0 spiro atoms. The molecule has 1 aliphatic heterocycles. The van der Waals surface area contributed by atoms with Gasteiger partial charge in [0.1, 0.15) is 23.8 Å². The number of nitrogens with one attached hydrogen (secondary N) is 2. The molecule has 214 valence electrons. The van der Waals surface area contributed by atoms with Crippen LogP contribution >= 0.6 is 0 Å². The maximum atomic E-state index is 12.9. The van der Waals surface area contributed by atoms with Gasteiger partial charge < -0.3 is 30.8 Å². The molecule has 0 aliphatic carbocycles. The smallest absolute Gasteiger partial charge is 0.262 e. The van der Waals surface area contributed by atoms with Crippen molar-refractivity contribution >= 4 is 40.4 Å². The number of nitrogens with zero attached hydrogens (tertiary/aromatic N) is 5. The van der Waals surface area contributed by atoms with Crippen molar-refractivity contribution in [2.45, 2.75) is 39.5 Å². The van der Waals surface area contributed by atoms with E-state index in [9.17, 15) is 15.2 Å². The van der Waals surface area contributed by atoms with Gasteiger partial charge in [-0.15, -0.1) is 0 Å². The second-order valence-corrected chi connectivity index (χ2v) is 10.6. The number of fused-ring (bicyclic) bond motifs is 2. The zero-order valence-electron chi connectivity index (χ0n) is 23.7. The molecule has 42 heavy (non-hydrogen) atoms. The number of aromatic nitrogens is 4. The van der Waals surface area contributed by atoms with E-state index in [0.29, 0.717) is 23.6 Å². The molecule has 4 aromatic rings. The molecule has 0 atom stereocenters. The van der Waals surface area contributed by atoms with Crippen molar-refractivity contribution in [3.8, 4) is 11.9 Å². The van der Waals surface area contributed by atoms with Gasteiger partial charge in [-0.2, -0.15) is 15.2 Å². The van der Waals surface area contributed by atoms with Gasteiger partial charge >= 0.3 is 0 Å². The highest BCUT2D eigenvalue weighted by Crippen LogP contribution is 2.39. The third kappa shape index (κ3) is 5.94. The van der Waals surface area contributed by atoms with Crippen molar-refractivity contribution in [3.05, 3.63) is 82.7 Å². The molecule has 5 N–H and O–H groups in total. The number of H-pyrrole nitrogens is 1. The highest BCUT2D eigenvalue weighted by atomic mass is 16.5. The number of allylic oxidation sites excluding steroid dienone is 1. The topological polar surface area (TPSA) is 166 Å². The molecule has 11 nitrogen and oxygen atoms in total. The average Bonchev–Trinajstić information content (AvgIpc) is 3.44. The predicted molar refractivity (Wildman–Crippen MR) is 161 cm³/mol. The van der Waals surface area contributed by atoms with Crippen molar-refractivity contribution in [1.82, 2.24) is 25.3 Å². The van der Waals surface area contributed by atoms with E-state index in [1.54, 1.807) is 6.08 Å². The number of carbonyl (C=O) groups is 1. The molecule has 0 bridgehead atoms. The number of hydrogen-bond donors (Lipinski definition) is 4. The molecule has 3 heterocycles. The Balaban J connectivity index is 1.22. The number of aliphatic hydroxyl groups is 1. The van der Waals surface area contributed by atoms with Crippen LogP contribution in [0.2, 0.25) is 0 Å². The van der Waals surface area contributed by atoms with E-state index in [4.69, 9.17) is 10.5 Å². The van der Waals surface area contributed by atoms with Crippen LogP contribution in [0.3, 0.4) is 0 Å². The Morgan fingerprint density at radius 1 is 1.21 bits per heavy atom. The molecule has 0 saturated carbocycles. The van der Waals surface area contributed by atoms with Crippen LogP contribution in [0.1, 0.15) is 43.0 Å². The average molecular weight is 565 g/mol. The Labute approximate surface area is 243 Å². The van der Waals surface area contributed by atoms with Gasteiger partial charge in [-0.25, -0.2) is 4.98 Å². The van der Waals surface area contributed by atoms with Crippen LogP contribution in [0.4, 0.5) is 11.6 Å². The molecule has 0 unspecified atom stereocenters. The third-order valence-electron chi connectivity index (χ3n) is 7.12. The summed E-state index contributed by atoms with van der Waals surface area (Å²) in [6.45, 7) is 7.32. The predicted octanol–water partition coefficient (Wildman–Crippen LogP) is 3.73. The first-order chi connectivity index (χ1) is 20.2. The first-order valence-electron chi connectivity index (χ1n) is 13.5. The van der Waals surface area contributed by atoms with Crippen LogP contribution in [0.5, 0.6) is 5.88 Å². The number of aliphatic hydroxyl groups excluding tert-OH is 1. The number of ether oxygens (including phenoxy) is 1. The van der Waals surface area contributed by atoms with Crippen molar-refractivity contribution in [2.24, 2.45) is 0 Å². The highest BCUT2D eigenvalue weighted by molar-refractivity contribution is 6.01. The first kappa shape index (κ1) is 28.3. The van der Waals surface area contributed by atoms with E-state index >= 15 is 0 Å². The summed E-state index contributed by atoms with van der Waals surface area (Å²) in [7, 11) is 0. The molecule has 5 rings (SSSR count). The number of benzene rings is 2. The molecular weight excluding hydrogens is 532 g/mol. The summed E-state index contributed by atoms with van der Waals surface area (Å²) in [6.07, 6.45) is 5.26. The molecule has 0 fully saturated rings. The SMILES string of the molecule is CC1=CC(C)(C)N(CCO)c2ccc(/C=C(\C#N)C(=O)NCc3ccc(COc4nc(N)nc5nc[nH]c45)cc3)cc21. The van der Waals surface area contributed by atoms with Crippen LogP contribution in [-0.4, -0.2) is 49.6 Å². The van der Waals surface area contributed by atoms with Gasteiger partial charge in [0, 0.05) is 24.3 Å². The largest absolute Gasteiger partial charge is 0.471 e. The zero-order valence-corrected chi connectivity index (χ0v) is 23.7. The molecule has 0 saturated heterocycles. The fraction of sp³-hybridized carbons (Fsp3) is 0.258. The van der Waals surface area contributed by atoms with E-state index in [2.05, 4.69) is 50.1 Å². The quantitative estimate of drug-likeness (QED) is 0.175. The van der Waals surface area contributed by atoms with E-state index in [-0.39, 0.29) is 36.8 Å². The normalized spacial score (nSPS) is 14.2. The third-order valence-corrected chi connectivity index (χ3v) is 7.12. The summed E-state index contributed by atoms with van der Waals surface area (Å²) in [5, 5.41) is 22.1. The number of nitrogens with two attached hydrogens (primary N) is 1. The lowest BCUT2D eigenvalue weighted by atomic mass is 9.88. The summed E-state index contributed by atoms with van der Waals surface area (Å²) >= 11 is 0. The number of anilines is 2. The zero-order chi connectivity index (χ0) is 29.9. The van der Waals surface area contributed by atoms with Crippen molar-refractivity contribution in [2.75, 3.05) is 23.8 Å². The Kier molecular flexibility index (Phi) is 7.91. The Morgan fingerprint density at radius 3 is 2.71 bits per heavy atom. The number of nitrogen functional groups attached to an aromatic ring is 1. The molecule has 1 aliphatic rings. The number of aromatic amines is 1. The van der Waals surface area contributed by atoms with Crippen LogP contribution in [-0.2, 0) is 17.9 Å².